The van der Waals surface area contributed by atoms with Gasteiger partial charge < -0.3 is 5.32 Å². The van der Waals surface area contributed by atoms with Crippen molar-refractivity contribution >= 4 is 34.5 Å². The number of nitrogens with one attached hydrogen (secondary N) is 2. The molecule has 0 spiro atoms. The van der Waals surface area contributed by atoms with Crippen LogP contribution in [0.2, 0.25) is 5.02 Å². The summed E-state index contributed by atoms with van der Waals surface area (Å²) >= 11 is 7.12. The number of carbonyl (C=O) groups excluding carboxylic acids is 1. The normalized spacial score (nSPS) is 14.2. The number of amides is 1. The fourth-order valence-corrected chi connectivity index (χ4v) is 3.11. The quantitative estimate of drug-likeness (QED) is 0.762. The highest BCUT2D eigenvalue weighted by atomic mass is 35.5. The molecule has 0 aliphatic carbocycles. The molecule has 2 aromatic rings. The minimum Gasteiger partial charge on any atom is -0.325 e. The SMILES string of the molecule is C[C@H](N[C@H](C)c1cccs1)C(=O)Nc1ccc(Cl)c(C(F)(F)F)c1. The lowest BCUT2D eigenvalue weighted by atomic mass is 10.1. The lowest BCUT2D eigenvalue weighted by Crippen LogP contribution is -2.39. The third-order valence-corrected chi connectivity index (χ3v) is 4.79. The van der Waals surface area contributed by atoms with E-state index in [-0.39, 0.29) is 11.7 Å². The molecule has 0 unspecified atom stereocenters. The summed E-state index contributed by atoms with van der Waals surface area (Å²) in [6, 6.07) is 6.53. The van der Waals surface area contributed by atoms with Gasteiger partial charge in [0.05, 0.1) is 16.6 Å². The molecule has 24 heavy (non-hydrogen) atoms. The van der Waals surface area contributed by atoms with Crippen LogP contribution in [-0.4, -0.2) is 11.9 Å². The van der Waals surface area contributed by atoms with Gasteiger partial charge in [-0.2, -0.15) is 13.2 Å². The summed E-state index contributed by atoms with van der Waals surface area (Å²) in [6.07, 6.45) is -4.57. The first kappa shape index (κ1) is 18.8. The maximum atomic E-state index is 12.8. The number of hydrogen-bond acceptors (Lipinski definition) is 3. The van der Waals surface area contributed by atoms with Crippen molar-refractivity contribution in [1.82, 2.24) is 5.32 Å². The van der Waals surface area contributed by atoms with E-state index in [1.807, 2.05) is 24.4 Å². The Morgan fingerprint density at radius 3 is 2.54 bits per heavy atom. The lowest BCUT2D eigenvalue weighted by Gasteiger charge is -2.19. The molecular formula is C16H16ClF3N2OS. The van der Waals surface area contributed by atoms with Crippen LogP contribution in [0.1, 0.15) is 30.3 Å². The van der Waals surface area contributed by atoms with Gasteiger partial charge in [-0.15, -0.1) is 11.3 Å². The second-order valence-electron chi connectivity index (χ2n) is 5.31. The van der Waals surface area contributed by atoms with E-state index in [1.165, 1.54) is 6.07 Å². The molecular weight excluding hydrogens is 361 g/mol. The van der Waals surface area contributed by atoms with Gasteiger partial charge in [0, 0.05) is 16.6 Å². The maximum absolute atomic E-state index is 12.8. The van der Waals surface area contributed by atoms with Gasteiger partial charge in [-0.3, -0.25) is 10.1 Å². The number of halogens is 4. The second kappa shape index (κ2) is 7.55. The van der Waals surface area contributed by atoms with E-state index in [4.69, 9.17) is 11.6 Å². The number of rotatable bonds is 5. The molecule has 3 nitrogen and oxygen atoms in total. The Hall–Kier alpha value is -1.57. The summed E-state index contributed by atoms with van der Waals surface area (Å²) in [6.45, 7) is 3.57. The molecule has 0 saturated carbocycles. The van der Waals surface area contributed by atoms with E-state index in [9.17, 15) is 18.0 Å². The molecule has 1 amide bonds. The van der Waals surface area contributed by atoms with Gasteiger partial charge >= 0.3 is 6.18 Å². The summed E-state index contributed by atoms with van der Waals surface area (Å²) in [4.78, 5) is 13.2. The first-order valence-corrected chi connectivity index (χ1v) is 8.41. The monoisotopic (exact) mass is 376 g/mol. The smallest absolute Gasteiger partial charge is 0.325 e. The van der Waals surface area contributed by atoms with E-state index < -0.39 is 28.7 Å². The van der Waals surface area contributed by atoms with Gasteiger partial charge in [-0.1, -0.05) is 17.7 Å². The van der Waals surface area contributed by atoms with Crippen LogP contribution in [0.25, 0.3) is 0 Å². The molecule has 0 aliphatic rings. The Morgan fingerprint density at radius 1 is 1.25 bits per heavy atom. The summed E-state index contributed by atoms with van der Waals surface area (Å²) in [5.41, 5.74) is -0.927. The van der Waals surface area contributed by atoms with Crippen LogP contribution in [0.4, 0.5) is 18.9 Å². The molecule has 130 valence electrons. The van der Waals surface area contributed by atoms with Crippen LogP contribution in [0.15, 0.2) is 35.7 Å². The number of anilines is 1. The Morgan fingerprint density at radius 2 is 1.96 bits per heavy atom. The van der Waals surface area contributed by atoms with Gasteiger partial charge in [-0.25, -0.2) is 0 Å². The predicted octanol–water partition coefficient (Wildman–Crippen LogP) is 5.10. The molecule has 1 aromatic carbocycles. The van der Waals surface area contributed by atoms with Crippen molar-refractivity contribution in [3.8, 4) is 0 Å². The summed E-state index contributed by atoms with van der Waals surface area (Å²) in [5.74, 6) is -0.422. The van der Waals surface area contributed by atoms with E-state index in [0.717, 1.165) is 17.0 Å². The van der Waals surface area contributed by atoms with Crippen molar-refractivity contribution in [3.05, 3.63) is 51.2 Å². The predicted molar refractivity (Wildman–Crippen MR) is 90.4 cm³/mol. The molecule has 0 saturated heterocycles. The molecule has 2 rings (SSSR count). The van der Waals surface area contributed by atoms with E-state index in [2.05, 4.69) is 10.6 Å². The molecule has 2 N–H and O–H groups in total. The number of benzene rings is 1. The third-order valence-electron chi connectivity index (χ3n) is 3.40. The van der Waals surface area contributed by atoms with Crippen LogP contribution in [-0.2, 0) is 11.0 Å². The Kier molecular flexibility index (Phi) is 5.90. The van der Waals surface area contributed by atoms with Crippen LogP contribution in [0.3, 0.4) is 0 Å². The van der Waals surface area contributed by atoms with E-state index in [1.54, 1.807) is 18.3 Å². The van der Waals surface area contributed by atoms with Gasteiger partial charge in [0.2, 0.25) is 5.91 Å². The minimum absolute atomic E-state index is 0.0401. The fourth-order valence-electron chi connectivity index (χ4n) is 2.14. The highest BCUT2D eigenvalue weighted by molar-refractivity contribution is 7.10. The average Bonchev–Trinajstić information content (AvgIpc) is 3.02. The molecule has 1 heterocycles. The van der Waals surface area contributed by atoms with Crippen molar-refractivity contribution in [2.24, 2.45) is 0 Å². The maximum Gasteiger partial charge on any atom is 0.417 e. The Balaban J connectivity index is 2.04. The number of alkyl halides is 3. The molecule has 0 radical (unpaired) electrons. The van der Waals surface area contributed by atoms with Crippen LogP contribution < -0.4 is 10.6 Å². The molecule has 1 aromatic heterocycles. The van der Waals surface area contributed by atoms with Crippen LogP contribution in [0.5, 0.6) is 0 Å². The standard InChI is InChI=1S/C16H16ClF3N2OS/c1-9(14-4-3-7-24-14)21-10(2)15(23)22-11-5-6-13(17)12(8-11)16(18,19)20/h3-10,21H,1-2H3,(H,22,23)/t9-,10+/m1/s1. The largest absolute Gasteiger partial charge is 0.417 e. The van der Waals surface area contributed by atoms with Gasteiger partial charge in [0.1, 0.15) is 0 Å². The summed E-state index contributed by atoms with van der Waals surface area (Å²) < 4.78 is 38.5. The van der Waals surface area contributed by atoms with Crippen molar-refractivity contribution in [2.45, 2.75) is 32.1 Å². The van der Waals surface area contributed by atoms with Gasteiger partial charge in [0.25, 0.3) is 0 Å². The van der Waals surface area contributed by atoms with Crippen molar-refractivity contribution in [3.63, 3.8) is 0 Å². The number of carbonyl (C=O) groups is 1. The first-order valence-electron chi connectivity index (χ1n) is 7.15. The topological polar surface area (TPSA) is 41.1 Å². The third kappa shape index (κ3) is 4.72. The summed E-state index contributed by atoms with van der Waals surface area (Å²) in [5, 5.41) is 7.11. The molecule has 8 heteroatoms. The average molecular weight is 377 g/mol. The van der Waals surface area contributed by atoms with Crippen molar-refractivity contribution in [1.29, 1.82) is 0 Å². The van der Waals surface area contributed by atoms with Gasteiger partial charge in [0.15, 0.2) is 0 Å². The molecule has 0 bridgehead atoms. The van der Waals surface area contributed by atoms with E-state index >= 15 is 0 Å². The fraction of sp³-hybridized carbons (Fsp3) is 0.312. The summed E-state index contributed by atoms with van der Waals surface area (Å²) in [7, 11) is 0. The minimum atomic E-state index is -4.57. The number of thiophene rings is 1. The van der Waals surface area contributed by atoms with Gasteiger partial charge in [-0.05, 0) is 43.5 Å². The van der Waals surface area contributed by atoms with Crippen molar-refractivity contribution < 1.29 is 18.0 Å². The zero-order chi connectivity index (χ0) is 17.9. The zero-order valence-corrected chi connectivity index (χ0v) is 14.5. The van der Waals surface area contributed by atoms with Crippen molar-refractivity contribution in [2.75, 3.05) is 5.32 Å². The van der Waals surface area contributed by atoms with Crippen LogP contribution in [0, 0.1) is 0 Å². The second-order valence-corrected chi connectivity index (χ2v) is 6.69. The Labute approximate surface area is 146 Å². The molecule has 0 aliphatic heterocycles. The lowest BCUT2D eigenvalue weighted by molar-refractivity contribution is -0.137. The zero-order valence-electron chi connectivity index (χ0n) is 12.9. The highest BCUT2D eigenvalue weighted by Crippen LogP contribution is 2.36. The molecule has 2 atom stereocenters. The Bertz CT molecular complexity index is 704. The van der Waals surface area contributed by atoms with E-state index in [0.29, 0.717) is 0 Å². The first-order chi connectivity index (χ1) is 11.2. The molecule has 0 fully saturated rings. The number of hydrogen-bond donors (Lipinski definition) is 2. The highest BCUT2D eigenvalue weighted by Gasteiger charge is 2.33. The van der Waals surface area contributed by atoms with Crippen LogP contribution >= 0.6 is 22.9 Å².